The molecule has 18 heavy (non-hydrogen) atoms. The summed E-state index contributed by atoms with van der Waals surface area (Å²) >= 11 is 0. The molecule has 1 aliphatic rings. The van der Waals surface area contributed by atoms with E-state index in [-0.39, 0.29) is 24.7 Å². The molecule has 0 saturated carbocycles. The van der Waals surface area contributed by atoms with Gasteiger partial charge in [-0.2, -0.15) is 0 Å². The number of hydrogen-bond acceptors (Lipinski definition) is 4. The van der Waals surface area contributed by atoms with Crippen LogP contribution < -0.4 is 5.32 Å². The fourth-order valence-corrected chi connectivity index (χ4v) is 1.62. The lowest BCUT2D eigenvalue weighted by atomic mass is 10.2. The average molecular weight is 256 g/mol. The van der Waals surface area contributed by atoms with Crippen molar-refractivity contribution in [1.29, 1.82) is 0 Å². The number of likely N-dealkylation sites (tertiary alicyclic amines) is 1. The molecule has 0 unspecified atom stereocenters. The van der Waals surface area contributed by atoms with Crippen molar-refractivity contribution in [2.24, 2.45) is 0 Å². The van der Waals surface area contributed by atoms with Crippen LogP contribution in [0.1, 0.15) is 33.6 Å². The lowest BCUT2D eigenvalue weighted by Gasteiger charge is -2.20. The van der Waals surface area contributed by atoms with Crippen LogP contribution in [0.15, 0.2) is 0 Å². The SMILES string of the molecule is CC(C)(C)OC(=O)NCCCN1CC(=O)CC1=O. The minimum atomic E-state index is -0.512. The van der Waals surface area contributed by atoms with Crippen LogP contribution in [0.25, 0.3) is 0 Å². The van der Waals surface area contributed by atoms with Crippen molar-refractivity contribution >= 4 is 17.8 Å². The van der Waals surface area contributed by atoms with Crippen LogP contribution >= 0.6 is 0 Å². The normalized spacial score (nSPS) is 16.1. The van der Waals surface area contributed by atoms with Crippen LogP contribution in [0.2, 0.25) is 0 Å². The highest BCUT2D eigenvalue weighted by Gasteiger charge is 2.26. The number of rotatable bonds is 4. The molecule has 102 valence electrons. The molecule has 0 bridgehead atoms. The highest BCUT2D eigenvalue weighted by molar-refractivity contribution is 6.05. The maximum Gasteiger partial charge on any atom is 0.407 e. The smallest absolute Gasteiger partial charge is 0.407 e. The van der Waals surface area contributed by atoms with Crippen LogP contribution in [0.5, 0.6) is 0 Å². The predicted octanol–water partition coefficient (Wildman–Crippen LogP) is 0.703. The first-order valence-electron chi connectivity index (χ1n) is 6.04. The van der Waals surface area contributed by atoms with Gasteiger partial charge >= 0.3 is 6.09 Å². The maximum atomic E-state index is 11.3. The van der Waals surface area contributed by atoms with E-state index in [0.29, 0.717) is 19.5 Å². The van der Waals surface area contributed by atoms with E-state index in [1.54, 1.807) is 20.8 Å². The molecule has 0 spiro atoms. The van der Waals surface area contributed by atoms with Gasteiger partial charge in [0.1, 0.15) is 5.60 Å². The molecule has 0 aromatic rings. The highest BCUT2D eigenvalue weighted by Crippen LogP contribution is 2.07. The molecule has 1 fully saturated rings. The summed E-state index contributed by atoms with van der Waals surface area (Å²) in [5.74, 6) is -0.169. The second kappa shape index (κ2) is 5.84. The number of amides is 2. The van der Waals surface area contributed by atoms with E-state index in [0.717, 1.165) is 0 Å². The third-order valence-electron chi connectivity index (χ3n) is 2.34. The van der Waals surface area contributed by atoms with Gasteiger partial charge in [-0.25, -0.2) is 4.79 Å². The van der Waals surface area contributed by atoms with Gasteiger partial charge < -0.3 is 15.0 Å². The Balaban J connectivity index is 2.14. The first-order chi connectivity index (χ1) is 8.28. The van der Waals surface area contributed by atoms with Gasteiger partial charge in [0.25, 0.3) is 0 Å². The van der Waals surface area contributed by atoms with Crippen molar-refractivity contribution in [3.8, 4) is 0 Å². The topological polar surface area (TPSA) is 75.7 Å². The number of nitrogens with zero attached hydrogens (tertiary/aromatic N) is 1. The number of hydrogen-bond donors (Lipinski definition) is 1. The Hall–Kier alpha value is -1.59. The molecule has 2 amide bonds. The first kappa shape index (κ1) is 14.5. The zero-order valence-electron chi connectivity index (χ0n) is 11.1. The van der Waals surface area contributed by atoms with Gasteiger partial charge in [-0.1, -0.05) is 0 Å². The van der Waals surface area contributed by atoms with Crippen LogP contribution in [0.4, 0.5) is 4.79 Å². The van der Waals surface area contributed by atoms with E-state index in [1.165, 1.54) is 4.90 Å². The van der Waals surface area contributed by atoms with Crippen molar-refractivity contribution < 1.29 is 19.1 Å². The van der Waals surface area contributed by atoms with Crippen molar-refractivity contribution in [3.05, 3.63) is 0 Å². The summed E-state index contributed by atoms with van der Waals surface area (Å²) in [6.45, 7) is 6.49. The van der Waals surface area contributed by atoms with Crippen LogP contribution in [-0.4, -0.2) is 47.9 Å². The lowest BCUT2D eigenvalue weighted by Crippen LogP contribution is -2.34. The molecule has 6 heteroatoms. The van der Waals surface area contributed by atoms with Crippen molar-refractivity contribution in [2.45, 2.75) is 39.2 Å². The Kier molecular flexibility index (Phi) is 4.69. The minimum absolute atomic E-state index is 0.0134. The maximum absolute atomic E-state index is 11.3. The summed E-state index contributed by atoms with van der Waals surface area (Å²) in [6, 6.07) is 0. The molecule has 0 radical (unpaired) electrons. The molecule has 1 N–H and O–H groups in total. The number of ether oxygens (including phenoxy) is 1. The van der Waals surface area contributed by atoms with Gasteiger partial charge in [-0.3, -0.25) is 9.59 Å². The molecule has 0 aliphatic carbocycles. The van der Waals surface area contributed by atoms with E-state index in [1.807, 2.05) is 0 Å². The van der Waals surface area contributed by atoms with Gasteiger partial charge in [0.2, 0.25) is 5.91 Å². The van der Waals surface area contributed by atoms with E-state index < -0.39 is 11.7 Å². The summed E-state index contributed by atoms with van der Waals surface area (Å²) in [5, 5.41) is 2.61. The number of Topliss-reactive ketones (excluding diaryl/α,β-unsaturated/α-hetero) is 1. The molecular formula is C12H20N2O4. The molecule has 1 aliphatic heterocycles. The Morgan fingerprint density at radius 2 is 2.06 bits per heavy atom. The van der Waals surface area contributed by atoms with Gasteiger partial charge in [0.15, 0.2) is 5.78 Å². The third-order valence-corrected chi connectivity index (χ3v) is 2.34. The quantitative estimate of drug-likeness (QED) is 0.593. The molecular weight excluding hydrogens is 236 g/mol. The number of ketones is 1. The third kappa shape index (κ3) is 5.16. The fourth-order valence-electron chi connectivity index (χ4n) is 1.62. The highest BCUT2D eigenvalue weighted by atomic mass is 16.6. The summed E-state index contributed by atoms with van der Waals surface area (Å²) in [6.07, 6.45) is 0.156. The second-order valence-electron chi connectivity index (χ2n) is 5.31. The van der Waals surface area contributed by atoms with E-state index >= 15 is 0 Å². The lowest BCUT2D eigenvalue weighted by molar-refractivity contribution is -0.127. The van der Waals surface area contributed by atoms with Crippen molar-refractivity contribution in [2.75, 3.05) is 19.6 Å². The van der Waals surface area contributed by atoms with Gasteiger partial charge in [-0.15, -0.1) is 0 Å². The minimum Gasteiger partial charge on any atom is -0.444 e. The van der Waals surface area contributed by atoms with Gasteiger partial charge in [-0.05, 0) is 27.2 Å². The summed E-state index contributed by atoms with van der Waals surface area (Å²) in [5.41, 5.74) is -0.512. The number of alkyl carbamates (subject to hydrolysis) is 1. The summed E-state index contributed by atoms with van der Waals surface area (Å²) in [4.78, 5) is 35.1. The summed E-state index contributed by atoms with van der Waals surface area (Å²) < 4.78 is 5.06. The van der Waals surface area contributed by atoms with Crippen LogP contribution in [0, 0.1) is 0 Å². The fraction of sp³-hybridized carbons (Fsp3) is 0.750. The molecule has 0 aromatic carbocycles. The van der Waals surface area contributed by atoms with Gasteiger partial charge in [0, 0.05) is 13.1 Å². The predicted molar refractivity (Wildman–Crippen MR) is 65.1 cm³/mol. The monoisotopic (exact) mass is 256 g/mol. The number of nitrogens with one attached hydrogen (secondary N) is 1. The molecule has 1 saturated heterocycles. The molecule has 1 heterocycles. The molecule has 0 aromatic heterocycles. The zero-order chi connectivity index (χ0) is 13.8. The zero-order valence-corrected chi connectivity index (χ0v) is 11.1. The van der Waals surface area contributed by atoms with Gasteiger partial charge in [0.05, 0.1) is 13.0 Å². The number of carbonyl (C=O) groups is 3. The van der Waals surface area contributed by atoms with E-state index in [4.69, 9.17) is 4.74 Å². The molecule has 1 rings (SSSR count). The number of carbonyl (C=O) groups excluding carboxylic acids is 3. The largest absolute Gasteiger partial charge is 0.444 e. The Morgan fingerprint density at radius 1 is 1.39 bits per heavy atom. The standard InChI is InChI=1S/C12H20N2O4/c1-12(2,3)18-11(17)13-5-4-6-14-8-9(15)7-10(14)16/h4-8H2,1-3H3,(H,13,17). The Labute approximate surface area is 107 Å². The van der Waals surface area contributed by atoms with Crippen molar-refractivity contribution in [1.82, 2.24) is 10.2 Å². The van der Waals surface area contributed by atoms with Crippen LogP contribution in [-0.2, 0) is 14.3 Å². The first-order valence-corrected chi connectivity index (χ1v) is 6.04. The molecule has 6 nitrogen and oxygen atoms in total. The average Bonchev–Trinajstić information content (AvgIpc) is 2.49. The van der Waals surface area contributed by atoms with Crippen LogP contribution in [0.3, 0.4) is 0 Å². The molecule has 0 atom stereocenters. The Morgan fingerprint density at radius 3 is 2.56 bits per heavy atom. The van der Waals surface area contributed by atoms with E-state index in [2.05, 4.69) is 5.32 Å². The van der Waals surface area contributed by atoms with E-state index in [9.17, 15) is 14.4 Å². The second-order valence-corrected chi connectivity index (χ2v) is 5.31. The van der Waals surface area contributed by atoms with Crippen molar-refractivity contribution in [3.63, 3.8) is 0 Å². The Bertz CT molecular complexity index is 346. The summed E-state index contributed by atoms with van der Waals surface area (Å²) in [7, 11) is 0.